The summed E-state index contributed by atoms with van der Waals surface area (Å²) in [6.45, 7) is 3.48. The molecule has 21 heavy (non-hydrogen) atoms. The highest BCUT2D eigenvalue weighted by molar-refractivity contribution is 5.91. The van der Waals surface area contributed by atoms with Crippen LogP contribution in [0.15, 0.2) is 24.3 Å². The molecular weight excluding hydrogens is 272 g/mol. The molecule has 0 saturated carbocycles. The van der Waals surface area contributed by atoms with Crippen LogP contribution in [0.5, 0.6) is 0 Å². The monoisotopic (exact) mass is 292 g/mol. The maximum Gasteiger partial charge on any atom is 0.227 e. The molecule has 2 heterocycles. The van der Waals surface area contributed by atoms with Gasteiger partial charge in [0, 0.05) is 24.3 Å². The molecule has 114 valence electrons. The Morgan fingerprint density at radius 3 is 2.57 bits per heavy atom. The van der Waals surface area contributed by atoms with Crippen LogP contribution in [-0.2, 0) is 19.0 Å². The molecule has 1 amide bonds. The van der Waals surface area contributed by atoms with Gasteiger partial charge in [-0.2, -0.15) is 0 Å². The van der Waals surface area contributed by atoms with Gasteiger partial charge in [0.15, 0.2) is 6.29 Å². The first kappa shape index (κ1) is 14.5. The number of carbonyl (C=O) groups is 1. The zero-order chi connectivity index (χ0) is 14.5. The molecule has 1 unspecified atom stereocenters. The third-order valence-corrected chi connectivity index (χ3v) is 3.51. The fourth-order valence-corrected chi connectivity index (χ4v) is 2.44. The lowest BCUT2D eigenvalue weighted by Gasteiger charge is -2.23. The fraction of sp³-hybridized carbons (Fsp3) is 0.533. The zero-order valence-corrected chi connectivity index (χ0v) is 11.8. The van der Waals surface area contributed by atoms with Gasteiger partial charge in [0.25, 0.3) is 0 Å². The maximum atomic E-state index is 12.0. The summed E-state index contributed by atoms with van der Waals surface area (Å²) in [7, 11) is 0. The molecular formula is C15H20N2O4. The lowest BCUT2D eigenvalue weighted by atomic mass is 10.2. The molecule has 2 saturated heterocycles. The molecule has 2 fully saturated rings. The molecule has 6 heteroatoms. The predicted octanol–water partition coefficient (Wildman–Crippen LogP) is 1.05. The van der Waals surface area contributed by atoms with Crippen LogP contribution < -0.4 is 10.6 Å². The van der Waals surface area contributed by atoms with Crippen molar-refractivity contribution in [3.05, 3.63) is 29.8 Å². The van der Waals surface area contributed by atoms with E-state index in [0.29, 0.717) is 26.2 Å². The van der Waals surface area contributed by atoms with Gasteiger partial charge in [-0.25, -0.2) is 0 Å². The zero-order valence-electron chi connectivity index (χ0n) is 11.8. The number of hydrogen-bond donors (Lipinski definition) is 2. The lowest BCUT2D eigenvalue weighted by Crippen LogP contribution is -2.40. The molecule has 1 atom stereocenters. The van der Waals surface area contributed by atoms with Crippen LogP contribution in [0.4, 0.5) is 5.69 Å². The molecule has 1 aromatic rings. The molecule has 2 aliphatic rings. The molecule has 6 nitrogen and oxygen atoms in total. The Balaban J connectivity index is 1.50. The summed E-state index contributed by atoms with van der Waals surface area (Å²) in [6, 6.07) is 7.53. The minimum absolute atomic E-state index is 0.0372. The first-order valence-corrected chi connectivity index (χ1v) is 7.26. The number of carbonyl (C=O) groups excluding carboxylic acids is 1. The van der Waals surface area contributed by atoms with Gasteiger partial charge in [-0.1, -0.05) is 12.1 Å². The van der Waals surface area contributed by atoms with Crippen molar-refractivity contribution < 1.29 is 19.0 Å². The number of amides is 1. The first-order chi connectivity index (χ1) is 10.3. The van der Waals surface area contributed by atoms with E-state index >= 15 is 0 Å². The van der Waals surface area contributed by atoms with Gasteiger partial charge in [-0.05, 0) is 12.1 Å². The van der Waals surface area contributed by atoms with E-state index in [9.17, 15) is 4.79 Å². The highest BCUT2D eigenvalue weighted by Gasteiger charge is 2.19. The summed E-state index contributed by atoms with van der Waals surface area (Å²) in [6.07, 6.45) is 0.0404. The smallest absolute Gasteiger partial charge is 0.227 e. The van der Waals surface area contributed by atoms with Gasteiger partial charge in [0.05, 0.1) is 32.3 Å². The Hall–Kier alpha value is -1.47. The average molecular weight is 292 g/mol. The number of rotatable bonds is 4. The van der Waals surface area contributed by atoms with Crippen molar-refractivity contribution in [2.75, 3.05) is 38.2 Å². The van der Waals surface area contributed by atoms with Crippen molar-refractivity contribution in [2.45, 2.75) is 18.8 Å². The van der Waals surface area contributed by atoms with Crippen molar-refractivity contribution in [2.24, 2.45) is 0 Å². The minimum Gasteiger partial charge on any atom is -0.375 e. The number of morpholine rings is 1. The van der Waals surface area contributed by atoms with Gasteiger partial charge < -0.3 is 24.8 Å². The molecule has 3 rings (SSSR count). The second-order valence-corrected chi connectivity index (χ2v) is 5.14. The van der Waals surface area contributed by atoms with Crippen molar-refractivity contribution in [3.63, 3.8) is 0 Å². The van der Waals surface area contributed by atoms with E-state index in [2.05, 4.69) is 10.6 Å². The largest absolute Gasteiger partial charge is 0.375 e. The lowest BCUT2D eigenvalue weighted by molar-refractivity contribution is -0.119. The summed E-state index contributed by atoms with van der Waals surface area (Å²) in [5.74, 6) is -0.0372. The van der Waals surface area contributed by atoms with E-state index in [1.165, 1.54) is 0 Å². The molecule has 0 aliphatic carbocycles. The number of nitrogens with one attached hydrogen (secondary N) is 2. The Morgan fingerprint density at radius 1 is 1.14 bits per heavy atom. The number of anilines is 1. The van der Waals surface area contributed by atoms with Crippen LogP contribution >= 0.6 is 0 Å². The molecule has 2 aliphatic heterocycles. The van der Waals surface area contributed by atoms with E-state index in [4.69, 9.17) is 14.2 Å². The van der Waals surface area contributed by atoms with E-state index in [-0.39, 0.29) is 18.3 Å². The summed E-state index contributed by atoms with van der Waals surface area (Å²) < 4.78 is 16.4. The van der Waals surface area contributed by atoms with Crippen LogP contribution in [0, 0.1) is 0 Å². The van der Waals surface area contributed by atoms with Crippen LogP contribution in [-0.4, -0.2) is 44.9 Å². The molecule has 0 radical (unpaired) electrons. The Morgan fingerprint density at radius 2 is 1.90 bits per heavy atom. The average Bonchev–Trinajstić information content (AvgIpc) is 3.03. The first-order valence-electron chi connectivity index (χ1n) is 7.26. The van der Waals surface area contributed by atoms with Gasteiger partial charge in [-0.3, -0.25) is 4.79 Å². The van der Waals surface area contributed by atoms with E-state index in [1.54, 1.807) is 0 Å². The summed E-state index contributed by atoms with van der Waals surface area (Å²) >= 11 is 0. The van der Waals surface area contributed by atoms with E-state index in [0.717, 1.165) is 24.3 Å². The minimum atomic E-state index is -0.281. The molecule has 1 aromatic carbocycles. The van der Waals surface area contributed by atoms with Crippen LogP contribution in [0.25, 0.3) is 0 Å². The molecule has 0 spiro atoms. The van der Waals surface area contributed by atoms with Gasteiger partial charge in [-0.15, -0.1) is 0 Å². The van der Waals surface area contributed by atoms with Crippen molar-refractivity contribution in [1.29, 1.82) is 0 Å². The van der Waals surface area contributed by atoms with Crippen molar-refractivity contribution >= 4 is 11.6 Å². The van der Waals surface area contributed by atoms with Crippen LogP contribution in [0.1, 0.15) is 18.3 Å². The maximum absolute atomic E-state index is 12.0. The fourth-order valence-electron chi connectivity index (χ4n) is 2.44. The quantitative estimate of drug-likeness (QED) is 0.868. The number of ether oxygens (including phenoxy) is 3. The van der Waals surface area contributed by atoms with Gasteiger partial charge in [0.2, 0.25) is 5.91 Å². The van der Waals surface area contributed by atoms with E-state index < -0.39 is 0 Å². The molecule has 0 aromatic heterocycles. The molecule has 2 N–H and O–H groups in total. The van der Waals surface area contributed by atoms with Crippen LogP contribution in [0.2, 0.25) is 0 Å². The summed E-state index contributed by atoms with van der Waals surface area (Å²) in [5.41, 5.74) is 1.73. The Kier molecular flexibility index (Phi) is 4.82. The number of hydrogen-bond acceptors (Lipinski definition) is 5. The van der Waals surface area contributed by atoms with Crippen LogP contribution in [0.3, 0.4) is 0 Å². The van der Waals surface area contributed by atoms with Crippen molar-refractivity contribution in [1.82, 2.24) is 5.32 Å². The highest BCUT2D eigenvalue weighted by Crippen LogP contribution is 2.24. The topological polar surface area (TPSA) is 68.8 Å². The third-order valence-electron chi connectivity index (χ3n) is 3.51. The summed E-state index contributed by atoms with van der Waals surface area (Å²) in [4.78, 5) is 12.0. The van der Waals surface area contributed by atoms with Gasteiger partial charge >= 0.3 is 0 Å². The number of benzene rings is 1. The SMILES string of the molecule is O=C(CC1CNCCO1)Nc1ccc(C2OCCO2)cc1. The second kappa shape index (κ2) is 7.00. The Bertz CT molecular complexity index is 465. The highest BCUT2D eigenvalue weighted by atomic mass is 16.7. The predicted molar refractivity (Wildman–Crippen MR) is 76.9 cm³/mol. The van der Waals surface area contributed by atoms with Crippen molar-refractivity contribution in [3.8, 4) is 0 Å². The van der Waals surface area contributed by atoms with E-state index in [1.807, 2.05) is 24.3 Å². The second-order valence-electron chi connectivity index (χ2n) is 5.14. The normalized spacial score (nSPS) is 23.1. The van der Waals surface area contributed by atoms with Gasteiger partial charge in [0.1, 0.15) is 0 Å². The standard InChI is InChI=1S/C15H20N2O4/c18-14(9-13-10-16-5-6-19-13)17-12-3-1-11(2-4-12)15-20-7-8-21-15/h1-4,13,15-16H,5-10H2,(H,17,18). The Labute approximate surface area is 123 Å². The third kappa shape index (κ3) is 4.01. The summed E-state index contributed by atoms with van der Waals surface area (Å²) in [5, 5.41) is 6.09. The molecule has 0 bridgehead atoms.